The second-order valence-electron chi connectivity index (χ2n) is 4.89. The Morgan fingerprint density at radius 2 is 2.05 bits per heavy atom. The van der Waals surface area contributed by atoms with Crippen LogP contribution in [0.25, 0.3) is 0 Å². The summed E-state index contributed by atoms with van der Waals surface area (Å²) in [6, 6.07) is 3.95. The molecule has 0 spiro atoms. The van der Waals surface area contributed by atoms with Gasteiger partial charge in [-0.3, -0.25) is 4.79 Å². The van der Waals surface area contributed by atoms with Crippen LogP contribution < -0.4 is 5.32 Å². The number of carbonyl (C=O) groups is 1. The highest BCUT2D eigenvalue weighted by molar-refractivity contribution is 7.10. The Morgan fingerprint density at radius 1 is 1.32 bits per heavy atom. The third-order valence-corrected chi connectivity index (χ3v) is 4.17. The Balaban J connectivity index is 2.20. The van der Waals surface area contributed by atoms with Crippen molar-refractivity contribution in [1.82, 2.24) is 5.32 Å². The van der Waals surface area contributed by atoms with E-state index in [2.05, 4.69) is 12.2 Å². The van der Waals surface area contributed by atoms with Crippen LogP contribution in [0.5, 0.6) is 0 Å². The number of carboxylic acids is 1. The molecule has 19 heavy (non-hydrogen) atoms. The van der Waals surface area contributed by atoms with E-state index in [1.165, 1.54) is 32.1 Å². The van der Waals surface area contributed by atoms with E-state index in [0.717, 1.165) is 17.8 Å². The molecule has 0 aliphatic rings. The van der Waals surface area contributed by atoms with Crippen LogP contribution in [0.4, 0.5) is 0 Å². The molecule has 0 saturated heterocycles. The van der Waals surface area contributed by atoms with E-state index in [4.69, 9.17) is 5.11 Å². The summed E-state index contributed by atoms with van der Waals surface area (Å²) in [5.41, 5.74) is 0. The number of rotatable bonds is 11. The molecule has 1 atom stereocenters. The third kappa shape index (κ3) is 7.33. The van der Waals surface area contributed by atoms with Gasteiger partial charge in [0.05, 0.1) is 12.5 Å². The number of thiophene rings is 1. The fraction of sp³-hybridized carbons (Fsp3) is 0.667. The van der Waals surface area contributed by atoms with E-state index in [1.54, 1.807) is 11.3 Å². The van der Waals surface area contributed by atoms with Crippen molar-refractivity contribution in [2.45, 2.75) is 57.9 Å². The molecule has 4 heteroatoms. The van der Waals surface area contributed by atoms with E-state index in [9.17, 15) is 4.79 Å². The van der Waals surface area contributed by atoms with Crippen molar-refractivity contribution in [1.29, 1.82) is 0 Å². The average Bonchev–Trinajstić information content (AvgIpc) is 2.89. The summed E-state index contributed by atoms with van der Waals surface area (Å²) in [4.78, 5) is 12.0. The Bertz CT molecular complexity index is 338. The minimum atomic E-state index is -0.742. The van der Waals surface area contributed by atoms with Crippen molar-refractivity contribution >= 4 is 17.3 Å². The number of carboxylic acid groups (broad SMARTS) is 1. The van der Waals surface area contributed by atoms with Crippen LogP contribution in [-0.4, -0.2) is 17.6 Å². The molecular formula is C15H25NO2S. The van der Waals surface area contributed by atoms with E-state index in [0.29, 0.717) is 0 Å². The van der Waals surface area contributed by atoms with E-state index in [1.807, 2.05) is 17.5 Å². The normalized spacial score (nSPS) is 12.5. The Labute approximate surface area is 120 Å². The quantitative estimate of drug-likeness (QED) is 0.598. The van der Waals surface area contributed by atoms with Gasteiger partial charge in [-0.1, -0.05) is 45.1 Å². The SMILES string of the molecule is CCCCCCCCNC(CC(=O)O)c1cccs1. The van der Waals surface area contributed by atoms with Crippen LogP contribution in [0, 0.1) is 0 Å². The molecule has 2 N–H and O–H groups in total. The summed E-state index contributed by atoms with van der Waals surface area (Å²) in [5, 5.41) is 14.3. The lowest BCUT2D eigenvalue weighted by Crippen LogP contribution is -2.24. The van der Waals surface area contributed by atoms with Gasteiger partial charge in [-0.05, 0) is 24.4 Å². The summed E-state index contributed by atoms with van der Waals surface area (Å²) in [7, 11) is 0. The monoisotopic (exact) mass is 283 g/mol. The van der Waals surface area contributed by atoms with Gasteiger partial charge in [0.15, 0.2) is 0 Å². The molecule has 108 valence electrons. The van der Waals surface area contributed by atoms with Crippen LogP contribution in [0.1, 0.15) is 62.8 Å². The highest BCUT2D eigenvalue weighted by Gasteiger charge is 2.15. The Hall–Kier alpha value is -0.870. The van der Waals surface area contributed by atoms with Crippen molar-refractivity contribution < 1.29 is 9.90 Å². The van der Waals surface area contributed by atoms with Crippen LogP contribution in [0.2, 0.25) is 0 Å². The van der Waals surface area contributed by atoms with Gasteiger partial charge in [0.1, 0.15) is 0 Å². The largest absolute Gasteiger partial charge is 0.481 e. The molecule has 1 aromatic rings. The molecule has 1 heterocycles. The maximum atomic E-state index is 10.9. The zero-order valence-corrected chi connectivity index (χ0v) is 12.5. The summed E-state index contributed by atoms with van der Waals surface area (Å²) in [6.07, 6.45) is 7.73. The van der Waals surface area contributed by atoms with Gasteiger partial charge < -0.3 is 10.4 Å². The average molecular weight is 283 g/mol. The standard InChI is InChI=1S/C15H25NO2S/c1-2-3-4-5-6-7-10-16-13(12-15(17)18)14-9-8-11-19-14/h8-9,11,13,16H,2-7,10,12H2,1H3,(H,17,18). The number of unbranched alkanes of at least 4 members (excludes halogenated alkanes) is 5. The summed E-state index contributed by atoms with van der Waals surface area (Å²) >= 11 is 1.62. The molecule has 0 aliphatic heterocycles. The summed E-state index contributed by atoms with van der Waals surface area (Å²) in [5.74, 6) is -0.742. The van der Waals surface area contributed by atoms with Gasteiger partial charge in [-0.2, -0.15) is 0 Å². The second kappa shape index (κ2) is 9.98. The first kappa shape index (κ1) is 16.2. The molecule has 0 radical (unpaired) electrons. The van der Waals surface area contributed by atoms with Crippen LogP contribution >= 0.6 is 11.3 Å². The molecule has 3 nitrogen and oxygen atoms in total. The maximum Gasteiger partial charge on any atom is 0.305 e. The highest BCUT2D eigenvalue weighted by Crippen LogP contribution is 2.22. The number of hydrogen-bond donors (Lipinski definition) is 2. The molecule has 1 rings (SSSR count). The molecule has 1 aromatic heterocycles. The lowest BCUT2D eigenvalue weighted by Gasteiger charge is -2.15. The molecule has 1 unspecified atom stereocenters. The fourth-order valence-electron chi connectivity index (χ4n) is 2.12. The lowest BCUT2D eigenvalue weighted by molar-refractivity contribution is -0.137. The summed E-state index contributed by atoms with van der Waals surface area (Å²) < 4.78 is 0. The van der Waals surface area contributed by atoms with Crippen molar-refractivity contribution in [3.05, 3.63) is 22.4 Å². The minimum Gasteiger partial charge on any atom is -0.481 e. The van der Waals surface area contributed by atoms with Crippen LogP contribution in [0.15, 0.2) is 17.5 Å². The predicted octanol–water partition coefficient (Wildman–Crippen LogP) is 4.21. The Kier molecular flexibility index (Phi) is 8.50. The Morgan fingerprint density at radius 3 is 2.68 bits per heavy atom. The van der Waals surface area contributed by atoms with Crippen LogP contribution in [-0.2, 0) is 4.79 Å². The minimum absolute atomic E-state index is 0.0341. The molecule has 0 aromatic carbocycles. The van der Waals surface area contributed by atoms with E-state index < -0.39 is 5.97 Å². The van der Waals surface area contributed by atoms with Crippen molar-refractivity contribution in [2.24, 2.45) is 0 Å². The van der Waals surface area contributed by atoms with Gasteiger partial charge in [0.25, 0.3) is 0 Å². The summed E-state index contributed by atoms with van der Waals surface area (Å²) in [6.45, 7) is 3.13. The molecule has 0 fully saturated rings. The maximum absolute atomic E-state index is 10.9. The van der Waals surface area contributed by atoms with Crippen molar-refractivity contribution in [3.8, 4) is 0 Å². The van der Waals surface area contributed by atoms with Gasteiger partial charge >= 0.3 is 5.97 Å². The number of aliphatic carboxylic acids is 1. The number of hydrogen-bond acceptors (Lipinski definition) is 3. The zero-order valence-electron chi connectivity index (χ0n) is 11.7. The van der Waals surface area contributed by atoms with Crippen molar-refractivity contribution in [3.63, 3.8) is 0 Å². The first-order chi connectivity index (χ1) is 9.24. The number of nitrogens with one attached hydrogen (secondary N) is 1. The third-order valence-electron chi connectivity index (χ3n) is 3.19. The molecule has 0 amide bonds. The van der Waals surface area contributed by atoms with E-state index >= 15 is 0 Å². The predicted molar refractivity (Wildman–Crippen MR) is 80.7 cm³/mol. The fourth-order valence-corrected chi connectivity index (χ4v) is 2.92. The van der Waals surface area contributed by atoms with Gasteiger partial charge in [-0.15, -0.1) is 11.3 Å². The first-order valence-corrected chi connectivity index (χ1v) is 8.10. The van der Waals surface area contributed by atoms with E-state index in [-0.39, 0.29) is 12.5 Å². The smallest absolute Gasteiger partial charge is 0.305 e. The second-order valence-corrected chi connectivity index (χ2v) is 5.87. The van der Waals surface area contributed by atoms with Gasteiger partial charge in [0, 0.05) is 4.88 Å². The topological polar surface area (TPSA) is 49.3 Å². The van der Waals surface area contributed by atoms with Crippen LogP contribution in [0.3, 0.4) is 0 Å². The lowest BCUT2D eigenvalue weighted by atomic mass is 10.1. The zero-order chi connectivity index (χ0) is 13.9. The van der Waals surface area contributed by atoms with Crippen molar-refractivity contribution in [2.75, 3.05) is 6.54 Å². The molecule has 0 bridgehead atoms. The highest BCUT2D eigenvalue weighted by atomic mass is 32.1. The van der Waals surface area contributed by atoms with Gasteiger partial charge in [-0.25, -0.2) is 0 Å². The molecule has 0 saturated carbocycles. The first-order valence-electron chi connectivity index (χ1n) is 7.22. The van der Waals surface area contributed by atoms with Gasteiger partial charge in [0.2, 0.25) is 0 Å². The molecular weight excluding hydrogens is 258 g/mol. The molecule has 0 aliphatic carbocycles.